The molecular formula is C15H25N3. The Hall–Kier alpha value is -0.830. The van der Waals surface area contributed by atoms with Crippen LogP contribution in [0.1, 0.15) is 55.6 Å². The fraction of sp³-hybridized carbons (Fsp3) is 0.800. The van der Waals surface area contributed by atoms with E-state index in [1.165, 1.54) is 49.2 Å². The number of hydrogen-bond acceptors (Lipinski definition) is 2. The lowest BCUT2D eigenvalue weighted by atomic mass is 9.79. The fourth-order valence-corrected chi connectivity index (χ4v) is 3.25. The Labute approximate surface area is 110 Å². The second-order valence-corrected chi connectivity index (χ2v) is 6.03. The van der Waals surface area contributed by atoms with Crippen molar-refractivity contribution in [2.24, 2.45) is 5.92 Å². The number of nitrogens with zero attached hydrogens (tertiary/aromatic N) is 2. The van der Waals surface area contributed by atoms with Crippen LogP contribution >= 0.6 is 0 Å². The quantitative estimate of drug-likeness (QED) is 0.867. The average Bonchev–Trinajstić information content (AvgIpc) is 3.07. The van der Waals surface area contributed by atoms with Gasteiger partial charge < -0.3 is 5.32 Å². The highest BCUT2D eigenvalue weighted by atomic mass is 15.3. The van der Waals surface area contributed by atoms with Crippen LogP contribution < -0.4 is 5.32 Å². The molecule has 3 nitrogen and oxygen atoms in total. The number of aryl methyl sites for hydroxylation is 1. The monoisotopic (exact) mass is 247 g/mol. The molecule has 0 saturated heterocycles. The topological polar surface area (TPSA) is 29.9 Å². The third-order valence-electron chi connectivity index (χ3n) is 4.77. The lowest BCUT2D eigenvalue weighted by Crippen LogP contribution is -2.38. The molecule has 100 valence electrons. The minimum atomic E-state index is 0.648. The third kappa shape index (κ3) is 2.09. The van der Waals surface area contributed by atoms with Gasteiger partial charge in [-0.2, -0.15) is 5.10 Å². The smallest absolute Gasteiger partial charge is 0.0628 e. The van der Waals surface area contributed by atoms with E-state index < -0.39 is 0 Å². The number of hydrogen-bond donors (Lipinski definition) is 1. The van der Waals surface area contributed by atoms with Crippen molar-refractivity contribution in [1.82, 2.24) is 15.1 Å². The van der Waals surface area contributed by atoms with Gasteiger partial charge in [-0.25, -0.2) is 0 Å². The van der Waals surface area contributed by atoms with E-state index in [0.29, 0.717) is 6.04 Å². The maximum absolute atomic E-state index is 4.78. The summed E-state index contributed by atoms with van der Waals surface area (Å²) in [4.78, 5) is 0. The summed E-state index contributed by atoms with van der Waals surface area (Å²) in [6.07, 6.45) is 6.55. The third-order valence-corrected chi connectivity index (χ3v) is 4.77. The minimum Gasteiger partial charge on any atom is -0.314 e. The van der Waals surface area contributed by atoms with Crippen LogP contribution in [0.2, 0.25) is 0 Å². The van der Waals surface area contributed by atoms with Gasteiger partial charge in [0.05, 0.1) is 11.7 Å². The van der Waals surface area contributed by atoms with Crippen molar-refractivity contribution in [3.8, 4) is 0 Å². The molecule has 18 heavy (non-hydrogen) atoms. The lowest BCUT2D eigenvalue weighted by Gasteiger charge is -2.37. The van der Waals surface area contributed by atoms with E-state index in [0.717, 1.165) is 18.4 Å². The van der Waals surface area contributed by atoms with Gasteiger partial charge in [0.25, 0.3) is 0 Å². The van der Waals surface area contributed by atoms with Gasteiger partial charge in [-0.15, -0.1) is 0 Å². The molecule has 0 aliphatic heterocycles. The molecule has 0 amide bonds. The normalized spacial score (nSPS) is 27.3. The van der Waals surface area contributed by atoms with Crippen molar-refractivity contribution in [3.63, 3.8) is 0 Å². The summed E-state index contributed by atoms with van der Waals surface area (Å²) in [5.41, 5.74) is 4.09. The van der Waals surface area contributed by atoms with E-state index in [-0.39, 0.29) is 0 Å². The molecule has 0 aromatic carbocycles. The lowest BCUT2D eigenvalue weighted by molar-refractivity contribution is 0.160. The molecule has 2 aliphatic carbocycles. The zero-order valence-electron chi connectivity index (χ0n) is 11.9. The Morgan fingerprint density at radius 1 is 1.22 bits per heavy atom. The van der Waals surface area contributed by atoms with Crippen molar-refractivity contribution in [2.75, 3.05) is 6.54 Å². The summed E-state index contributed by atoms with van der Waals surface area (Å²) in [5.74, 6) is 0.799. The fourth-order valence-electron chi connectivity index (χ4n) is 3.25. The zero-order valence-corrected chi connectivity index (χ0v) is 11.9. The van der Waals surface area contributed by atoms with E-state index >= 15 is 0 Å². The Bertz CT molecular complexity index is 431. The van der Waals surface area contributed by atoms with Crippen molar-refractivity contribution in [3.05, 3.63) is 17.0 Å². The number of rotatable bonds is 5. The summed E-state index contributed by atoms with van der Waals surface area (Å²) >= 11 is 0. The van der Waals surface area contributed by atoms with Crippen molar-refractivity contribution in [1.29, 1.82) is 0 Å². The van der Waals surface area contributed by atoms with Gasteiger partial charge in [0.2, 0.25) is 0 Å². The van der Waals surface area contributed by atoms with Crippen molar-refractivity contribution < 1.29 is 0 Å². The molecule has 0 bridgehead atoms. The average molecular weight is 247 g/mol. The van der Waals surface area contributed by atoms with Gasteiger partial charge >= 0.3 is 0 Å². The van der Waals surface area contributed by atoms with Crippen LogP contribution in [-0.2, 0) is 6.42 Å². The van der Waals surface area contributed by atoms with E-state index in [2.05, 4.69) is 30.8 Å². The maximum Gasteiger partial charge on any atom is 0.0628 e. The Kier molecular flexibility index (Phi) is 3.18. The first-order valence-electron chi connectivity index (χ1n) is 7.48. The van der Waals surface area contributed by atoms with Gasteiger partial charge in [-0.05, 0) is 57.4 Å². The molecule has 3 heteroatoms. The molecule has 2 unspecified atom stereocenters. The minimum absolute atomic E-state index is 0.648. The Morgan fingerprint density at radius 2 is 2.00 bits per heavy atom. The van der Waals surface area contributed by atoms with Crippen LogP contribution in [0, 0.1) is 19.8 Å². The SMILES string of the molecule is CCc1c(C)nn(C2CCC2CNC2CC2)c1C. The van der Waals surface area contributed by atoms with Crippen LogP contribution in [0.3, 0.4) is 0 Å². The van der Waals surface area contributed by atoms with E-state index in [1.807, 2.05) is 0 Å². The molecule has 2 aliphatic rings. The van der Waals surface area contributed by atoms with E-state index in [9.17, 15) is 0 Å². The van der Waals surface area contributed by atoms with Crippen LogP contribution in [0.15, 0.2) is 0 Å². The summed E-state index contributed by atoms with van der Waals surface area (Å²) in [7, 11) is 0. The predicted molar refractivity (Wildman–Crippen MR) is 73.9 cm³/mol. The molecule has 0 radical (unpaired) electrons. The molecule has 0 spiro atoms. The maximum atomic E-state index is 4.78. The second-order valence-electron chi connectivity index (χ2n) is 6.03. The Morgan fingerprint density at radius 3 is 2.50 bits per heavy atom. The van der Waals surface area contributed by atoms with E-state index in [4.69, 9.17) is 5.10 Å². The van der Waals surface area contributed by atoms with Gasteiger partial charge in [0.1, 0.15) is 0 Å². The first-order chi connectivity index (χ1) is 8.70. The van der Waals surface area contributed by atoms with Gasteiger partial charge in [0, 0.05) is 18.3 Å². The highest BCUT2D eigenvalue weighted by Crippen LogP contribution is 2.39. The molecule has 2 fully saturated rings. The highest BCUT2D eigenvalue weighted by molar-refractivity contribution is 5.25. The van der Waals surface area contributed by atoms with Gasteiger partial charge in [-0.1, -0.05) is 6.92 Å². The standard InChI is InChI=1S/C15H25N3/c1-4-14-10(2)17-18(11(14)3)15-8-5-12(15)9-16-13-6-7-13/h12-13,15-16H,4-9H2,1-3H3. The molecule has 1 heterocycles. The summed E-state index contributed by atoms with van der Waals surface area (Å²) in [6.45, 7) is 7.81. The molecular weight excluding hydrogens is 222 g/mol. The molecule has 3 rings (SSSR count). The molecule has 2 saturated carbocycles. The van der Waals surface area contributed by atoms with Crippen LogP contribution in [0.25, 0.3) is 0 Å². The highest BCUT2D eigenvalue weighted by Gasteiger charge is 2.35. The van der Waals surface area contributed by atoms with Crippen molar-refractivity contribution in [2.45, 2.75) is 65.0 Å². The van der Waals surface area contributed by atoms with Crippen LogP contribution in [-0.4, -0.2) is 22.4 Å². The molecule has 1 aromatic rings. The second kappa shape index (κ2) is 4.69. The summed E-state index contributed by atoms with van der Waals surface area (Å²) in [5, 5.41) is 8.46. The predicted octanol–water partition coefficient (Wildman–Crippen LogP) is 2.77. The molecule has 1 aromatic heterocycles. The first-order valence-corrected chi connectivity index (χ1v) is 7.48. The molecule has 2 atom stereocenters. The first kappa shape index (κ1) is 12.2. The number of nitrogens with one attached hydrogen (secondary N) is 1. The van der Waals surface area contributed by atoms with Crippen molar-refractivity contribution >= 4 is 0 Å². The summed E-state index contributed by atoms with van der Waals surface area (Å²) < 4.78 is 2.32. The van der Waals surface area contributed by atoms with E-state index in [1.54, 1.807) is 0 Å². The molecule has 1 N–H and O–H groups in total. The number of aromatic nitrogens is 2. The van der Waals surface area contributed by atoms with Crippen LogP contribution in [0.4, 0.5) is 0 Å². The zero-order chi connectivity index (χ0) is 12.7. The van der Waals surface area contributed by atoms with Gasteiger partial charge in [0.15, 0.2) is 0 Å². The van der Waals surface area contributed by atoms with Crippen LogP contribution in [0.5, 0.6) is 0 Å². The summed E-state index contributed by atoms with van der Waals surface area (Å²) in [6, 6.07) is 1.48. The largest absolute Gasteiger partial charge is 0.314 e. The van der Waals surface area contributed by atoms with Gasteiger partial charge in [-0.3, -0.25) is 4.68 Å². The Balaban J connectivity index is 1.69.